The smallest absolute Gasteiger partial charge is 0.319 e. The molecule has 1 spiro atoms. The number of nitrogens with zero attached hydrogens (tertiary/aromatic N) is 5. The van der Waals surface area contributed by atoms with Gasteiger partial charge in [-0.3, -0.25) is 0 Å². The van der Waals surface area contributed by atoms with E-state index >= 15 is 0 Å². The number of hydrogen-bond acceptors (Lipinski definition) is 2. The number of hydrogen-bond donors (Lipinski definition) is 0. The van der Waals surface area contributed by atoms with Gasteiger partial charge in [0.05, 0.1) is 17.0 Å². The summed E-state index contributed by atoms with van der Waals surface area (Å²) in [6.07, 6.45) is 4.15. The van der Waals surface area contributed by atoms with Crippen molar-refractivity contribution in [3.63, 3.8) is 0 Å². The van der Waals surface area contributed by atoms with Crippen LogP contribution in [0, 0.1) is 0 Å². The third kappa shape index (κ3) is 1.82. The molecule has 0 aliphatic carbocycles. The van der Waals surface area contributed by atoms with E-state index in [4.69, 9.17) is 9.72 Å². The van der Waals surface area contributed by atoms with Gasteiger partial charge in [0.25, 0.3) is 5.82 Å². The second-order valence-electron chi connectivity index (χ2n) is 11.6. The van der Waals surface area contributed by atoms with Gasteiger partial charge in [0.1, 0.15) is 28.1 Å². The lowest BCUT2D eigenvalue weighted by Crippen LogP contribution is -2.75. The van der Waals surface area contributed by atoms with Crippen molar-refractivity contribution in [2.24, 2.45) is 0 Å². The molecule has 0 amide bonds. The summed E-state index contributed by atoms with van der Waals surface area (Å²) in [5, 5.41) is 6.04. The molecule has 3 aliphatic heterocycles. The van der Waals surface area contributed by atoms with Crippen LogP contribution in [0.25, 0.3) is 66.1 Å². The number of aromatic nitrogens is 5. The fourth-order valence-corrected chi connectivity index (χ4v) is 8.60. The van der Waals surface area contributed by atoms with E-state index in [0.29, 0.717) is 0 Å². The average Bonchev–Trinajstić information content (AvgIpc) is 3.68. The van der Waals surface area contributed by atoms with E-state index in [1.165, 1.54) is 43.7 Å². The van der Waals surface area contributed by atoms with E-state index in [-0.39, 0.29) is 0 Å². The zero-order valence-electron chi connectivity index (χ0n) is 22.1. The molecule has 5 aromatic heterocycles. The van der Waals surface area contributed by atoms with Crippen LogP contribution in [0.5, 0.6) is 11.5 Å². The van der Waals surface area contributed by atoms with Gasteiger partial charge < -0.3 is 4.74 Å². The molecule has 1 unspecified atom stereocenters. The van der Waals surface area contributed by atoms with Gasteiger partial charge in [-0.15, -0.1) is 0 Å². The molecule has 8 heterocycles. The van der Waals surface area contributed by atoms with Crippen LogP contribution < -0.4 is 13.9 Å². The highest BCUT2D eigenvalue weighted by atomic mass is 16.5. The van der Waals surface area contributed by atoms with E-state index in [0.717, 1.165) is 45.0 Å². The number of ether oxygens (including phenoxy) is 1. The lowest BCUT2D eigenvalue weighted by atomic mass is 9.83. The van der Waals surface area contributed by atoms with E-state index in [2.05, 4.69) is 121 Å². The predicted molar refractivity (Wildman–Crippen MR) is 161 cm³/mol. The summed E-state index contributed by atoms with van der Waals surface area (Å²) in [6, 6.07) is 37.1. The van der Waals surface area contributed by atoms with E-state index in [1.807, 2.05) is 12.3 Å². The molecule has 0 saturated carbocycles. The molecular formula is C36H19N5O+2. The molecular weight excluding hydrogens is 518 g/mol. The molecule has 4 aromatic carbocycles. The highest BCUT2D eigenvalue weighted by Gasteiger charge is 2.65. The Morgan fingerprint density at radius 1 is 0.667 bits per heavy atom. The Hall–Kier alpha value is -5.75. The van der Waals surface area contributed by atoms with E-state index in [9.17, 15) is 0 Å². The highest BCUT2D eigenvalue weighted by molar-refractivity contribution is 6.16. The zero-order valence-corrected chi connectivity index (χ0v) is 22.1. The first-order chi connectivity index (χ1) is 20.9. The normalized spacial score (nSPS) is 17.3. The molecule has 0 N–H and O–H groups in total. The first kappa shape index (κ1) is 20.2. The van der Waals surface area contributed by atoms with E-state index < -0.39 is 5.66 Å². The standard InChI is InChI=1S/C36H19N5O/c1-2-10-24-20(8-1)22-15-17-28-32-33(22)39(24)29-13-5-6-19-38(29)36(32)31-27(42-28)16-14-21-23-9-7-18-37-34(23)40-25-11-3-4-12-26(25)41(36)35(40)30(21)31/h1-19H/q+2. The van der Waals surface area contributed by atoms with Gasteiger partial charge in [0.15, 0.2) is 16.6 Å². The minimum absolute atomic E-state index is 0.697. The van der Waals surface area contributed by atoms with Crippen LogP contribution in [0.15, 0.2) is 116 Å². The second-order valence-corrected chi connectivity index (χ2v) is 11.6. The Morgan fingerprint density at radius 2 is 1.45 bits per heavy atom. The molecule has 3 aliphatic rings. The van der Waals surface area contributed by atoms with Crippen LogP contribution in [0.3, 0.4) is 0 Å². The predicted octanol–water partition coefficient (Wildman–Crippen LogP) is 6.50. The SMILES string of the molecule is c1cc[n+]2c(c1)-n1c3ccccc3c3ccc4c(c31)C21c2c(ccc3c5cccnc5n5c6ccccc6[n+]1c5c23)O4. The van der Waals surface area contributed by atoms with Crippen molar-refractivity contribution < 1.29 is 13.9 Å². The van der Waals surface area contributed by atoms with Crippen LogP contribution in [0.1, 0.15) is 11.1 Å². The molecule has 6 heteroatoms. The zero-order chi connectivity index (χ0) is 26.9. The molecule has 192 valence electrons. The van der Waals surface area contributed by atoms with Crippen LogP contribution in [-0.2, 0) is 5.66 Å². The first-order valence-electron chi connectivity index (χ1n) is 14.3. The molecule has 6 nitrogen and oxygen atoms in total. The topological polar surface area (TPSA) is 39.2 Å². The minimum Gasteiger partial charge on any atom is -0.456 e. The van der Waals surface area contributed by atoms with Gasteiger partial charge in [-0.2, -0.15) is 18.1 Å². The number of benzene rings is 4. The third-order valence-corrected chi connectivity index (χ3v) is 9.92. The fourth-order valence-electron chi connectivity index (χ4n) is 8.60. The Morgan fingerprint density at radius 3 is 2.40 bits per heavy atom. The molecule has 0 bridgehead atoms. The summed E-state index contributed by atoms with van der Waals surface area (Å²) in [5.41, 5.74) is 8.49. The molecule has 0 radical (unpaired) electrons. The average molecular weight is 538 g/mol. The number of pyridine rings is 3. The van der Waals surface area contributed by atoms with Crippen molar-refractivity contribution in [1.29, 1.82) is 0 Å². The Kier molecular flexibility index (Phi) is 3.01. The van der Waals surface area contributed by atoms with Crippen molar-refractivity contribution in [2.75, 3.05) is 0 Å². The van der Waals surface area contributed by atoms with Gasteiger partial charge in [-0.25, -0.2) is 4.98 Å². The molecule has 42 heavy (non-hydrogen) atoms. The largest absolute Gasteiger partial charge is 0.456 e. The van der Waals surface area contributed by atoms with Crippen molar-refractivity contribution >= 4 is 60.3 Å². The van der Waals surface area contributed by atoms with Crippen LogP contribution in [0.4, 0.5) is 0 Å². The summed E-state index contributed by atoms with van der Waals surface area (Å²) in [4.78, 5) is 4.97. The van der Waals surface area contributed by atoms with Gasteiger partial charge >= 0.3 is 11.3 Å². The van der Waals surface area contributed by atoms with Crippen molar-refractivity contribution in [2.45, 2.75) is 5.66 Å². The van der Waals surface area contributed by atoms with Crippen LogP contribution in [0.2, 0.25) is 0 Å². The quantitative estimate of drug-likeness (QED) is 0.164. The molecule has 12 rings (SSSR count). The van der Waals surface area contributed by atoms with Crippen molar-refractivity contribution in [3.8, 4) is 17.3 Å². The summed E-state index contributed by atoms with van der Waals surface area (Å²) >= 11 is 0. The van der Waals surface area contributed by atoms with Crippen molar-refractivity contribution in [3.05, 3.63) is 127 Å². The highest BCUT2D eigenvalue weighted by Crippen LogP contribution is 2.57. The van der Waals surface area contributed by atoms with Gasteiger partial charge in [0.2, 0.25) is 5.65 Å². The molecule has 1 atom stereocenters. The van der Waals surface area contributed by atoms with Crippen molar-refractivity contribution in [1.82, 2.24) is 14.0 Å². The van der Waals surface area contributed by atoms with Crippen LogP contribution >= 0.6 is 0 Å². The Labute approximate surface area is 237 Å². The Balaban J connectivity index is 1.48. The number of para-hydroxylation sites is 3. The lowest BCUT2D eigenvalue weighted by molar-refractivity contribution is -0.946. The molecule has 0 fully saturated rings. The maximum atomic E-state index is 6.90. The second kappa shape index (κ2) is 6.26. The minimum atomic E-state index is -0.697. The maximum Gasteiger partial charge on any atom is 0.319 e. The fraction of sp³-hybridized carbons (Fsp3) is 0.0278. The van der Waals surface area contributed by atoms with Gasteiger partial charge in [-0.05, 0) is 66.7 Å². The van der Waals surface area contributed by atoms with Crippen LogP contribution in [-0.4, -0.2) is 14.0 Å². The summed E-state index contributed by atoms with van der Waals surface area (Å²) in [5.74, 6) is 2.93. The van der Waals surface area contributed by atoms with Gasteiger partial charge in [0, 0.05) is 28.4 Å². The summed E-state index contributed by atoms with van der Waals surface area (Å²) in [6.45, 7) is 0. The lowest BCUT2D eigenvalue weighted by Gasteiger charge is -2.36. The number of rotatable bonds is 0. The monoisotopic (exact) mass is 537 g/mol. The maximum absolute atomic E-state index is 6.90. The van der Waals surface area contributed by atoms with E-state index in [1.54, 1.807) is 0 Å². The van der Waals surface area contributed by atoms with Gasteiger partial charge in [-0.1, -0.05) is 30.3 Å². The molecule has 9 aromatic rings. The number of fused-ring (bicyclic) bond motifs is 11. The Bertz CT molecular complexity index is 2790. The first-order valence-corrected chi connectivity index (χ1v) is 14.3. The summed E-state index contributed by atoms with van der Waals surface area (Å²) < 4.78 is 16.8. The number of imidazole rings is 1. The summed E-state index contributed by atoms with van der Waals surface area (Å²) in [7, 11) is 0. The third-order valence-electron chi connectivity index (χ3n) is 9.92. The molecule has 0 saturated heterocycles.